The number of aromatic amines is 1. The molecule has 2 aromatic heterocycles. The van der Waals surface area contributed by atoms with Crippen molar-refractivity contribution in [1.82, 2.24) is 15.0 Å². The first-order chi connectivity index (χ1) is 12.4. The molecule has 0 saturated carbocycles. The van der Waals surface area contributed by atoms with Gasteiger partial charge in [0.15, 0.2) is 5.16 Å². The van der Waals surface area contributed by atoms with Crippen LogP contribution in [0.1, 0.15) is 0 Å². The van der Waals surface area contributed by atoms with Gasteiger partial charge in [-0.05, 0) is 48.2 Å². The molecule has 26 heavy (non-hydrogen) atoms. The van der Waals surface area contributed by atoms with Crippen LogP contribution in [0.3, 0.4) is 0 Å². The van der Waals surface area contributed by atoms with Gasteiger partial charge in [0, 0.05) is 23.5 Å². The average Bonchev–Trinajstić information content (AvgIpc) is 3.05. The largest absolute Gasteiger partial charge is 0.497 e. The number of imidazole rings is 1. The van der Waals surface area contributed by atoms with Crippen LogP contribution in [0.25, 0.3) is 22.5 Å². The lowest BCUT2D eigenvalue weighted by molar-refractivity contribution is -0.0565. The van der Waals surface area contributed by atoms with Gasteiger partial charge in [0.1, 0.15) is 5.75 Å². The first-order valence-electron chi connectivity index (χ1n) is 7.40. The SMILES string of the molecule is COc1ccc(-c2nc(SC(F)(F)C(F)F)[nH]c2-c2ccncc2)cc1. The third-order valence-corrected chi connectivity index (χ3v) is 4.34. The van der Waals surface area contributed by atoms with Crippen LogP contribution in [-0.4, -0.2) is 33.7 Å². The van der Waals surface area contributed by atoms with Crippen LogP contribution in [0.2, 0.25) is 0 Å². The Morgan fingerprint density at radius 3 is 2.27 bits per heavy atom. The van der Waals surface area contributed by atoms with E-state index in [2.05, 4.69) is 15.0 Å². The van der Waals surface area contributed by atoms with E-state index in [-0.39, 0.29) is 16.9 Å². The van der Waals surface area contributed by atoms with Crippen LogP contribution in [-0.2, 0) is 0 Å². The summed E-state index contributed by atoms with van der Waals surface area (Å²) in [5.41, 5.74) is 2.07. The average molecular weight is 383 g/mol. The molecule has 0 atom stereocenters. The highest BCUT2D eigenvalue weighted by Crippen LogP contribution is 2.41. The summed E-state index contributed by atoms with van der Waals surface area (Å²) in [5, 5.41) is -4.54. The number of alkyl halides is 4. The zero-order valence-corrected chi connectivity index (χ0v) is 14.2. The molecule has 0 spiro atoms. The maximum atomic E-state index is 13.4. The number of pyridine rings is 1. The van der Waals surface area contributed by atoms with Crippen LogP contribution in [0.4, 0.5) is 17.6 Å². The number of benzene rings is 1. The standard InChI is InChI=1S/C17H13F4N3OS/c1-25-12-4-2-10(3-5-12)13-14(11-6-8-22-9-7-11)24-16(23-13)26-17(20,21)15(18)19/h2-9,15H,1H3,(H,23,24). The van der Waals surface area contributed by atoms with Gasteiger partial charge in [-0.1, -0.05) is 0 Å². The van der Waals surface area contributed by atoms with E-state index in [1.807, 2.05) is 0 Å². The molecule has 3 aromatic rings. The predicted molar refractivity (Wildman–Crippen MR) is 90.6 cm³/mol. The van der Waals surface area contributed by atoms with Gasteiger partial charge in [0.2, 0.25) is 0 Å². The Labute approximate surface area is 150 Å². The van der Waals surface area contributed by atoms with Crippen molar-refractivity contribution < 1.29 is 22.3 Å². The molecule has 0 radical (unpaired) electrons. The number of nitrogens with zero attached hydrogens (tertiary/aromatic N) is 2. The number of H-pyrrole nitrogens is 1. The number of aromatic nitrogens is 3. The number of methoxy groups -OCH3 is 1. The monoisotopic (exact) mass is 383 g/mol. The van der Waals surface area contributed by atoms with E-state index in [1.165, 1.54) is 19.5 Å². The Morgan fingerprint density at radius 2 is 1.69 bits per heavy atom. The second kappa shape index (κ2) is 7.36. The number of rotatable bonds is 6. The summed E-state index contributed by atoms with van der Waals surface area (Å²) >= 11 is -0.304. The maximum absolute atomic E-state index is 13.4. The Balaban J connectivity index is 2.06. The summed E-state index contributed by atoms with van der Waals surface area (Å²) in [6.45, 7) is 0. The van der Waals surface area contributed by atoms with Crippen molar-refractivity contribution >= 4 is 11.8 Å². The molecule has 136 valence electrons. The van der Waals surface area contributed by atoms with Crippen LogP contribution < -0.4 is 4.74 Å². The maximum Gasteiger partial charge on any atom is 0.360 e. The molecule has 9 heteroatoms. The number of halogens is 4. The van der Waals surface area contributed by atoms with Gasteiger partial charge in [-0.25, -0.2) is 13.8 Å². The number of thioether (sulfide) groups is 1. The third kappa shape index (κ3) is 3.82. The van der Waals surface area contributed by atoms with Gasteiger partial charge in [-0.2, -0.15) is 8.78 Å². The molecule has 0 amide bonds. The van der Waals surface area contributed by atoms with Crippen LogP contribution in [0.15, 0.2) is 53.9 Å². The first kappa shape index (κ1) is 18.2. The van der Waals surface area contributed by atoms with Gasteiger partial charge in [0.25, 0.3) is 0 Å². The lowest BCUT2D eigenvalue weighted by Crippen LogP contribution is -2.21. The molecular weight excluding hydrogens is 370 g/mol. The number of hydrogen-bond acceptors (Lipinski definition) is 4. The molecule has 0 aliphatic rings. The summed E-state index contributed by atoms with van der Waals surface area (Å²) in [6, 6.07) is 10.1. The summed E-state index contributed by atoms with van der Waals surface area (Å²) in [4.78, 5) is 10.7. The molecule has 0 fully saturated rings. The van der Waals surface area contributed by atoms with Gasteiger partial charge in [0.05, 0.1) is 18.5 Å². The Kier molecular flexibility index (Phi) is 5.17. The van der Waals surface area contributed by atoms with Gasteiger partial charge < -0.3 is 9.72 Å². The molecule has 3 rings (SSSR count). The number of nitrogens with one attached hydrogen (secondary N) is 1. The molecule has 0 bridgehead atoms. The lowest BCUT2D eigenvalue weighted by atomic mass is 10.1. The van der Waals surface area contributed by atoms with Crippen LogP contribution in [0.5, 0.6) is 5.75 Å². The molecular formula is C17H13F4N3OS. The Morgan fingerprint density at radius 1 is 1.04 bits per heavy atom. The zero-order chi connectivity index (χ0) is 18.7. The highest BCUT2D eigenvalue weighted by atomic mass is 32.2. The van der Waals surface area contributed by atoms with E-state index in [0.29, 0.717) is 28.3 Å². The summed E-state index contributed by atoms with van der Waals surface area (Å²) in [7, 11) is 1.52. The highest BCUT2D eigenvalue weighted by Gasteiger charge is 2.43. The van der Waals surface area contributed by atoms with E-state index in [4.69, 9.17) is 4.74 Å². The van der Waals surface area contributed by atoms with Crippen LogP contribution >= 0.6 is 11.8 Å². The molecule has 1 aromatic carbocycles. The molecule has 4 nitrogen and oxygen atoms in total. The minimum Gasteiger partial charge on any atom is -0.497 e. The van der Waals surface area contributed by atoms with E-state index >= 15 is 0 Å². The van der Waals surface area contributed by atoms with Gasteiger partial charge in [-0.15, -0.1) is 0 Å². The fraction of sp³-hybridized carbons (Fsp3) is 0.176. The fourth-order valence-electron chi connectivity index (χ4n) is 2.26. The zero-order valence-electron chi connectivity index (χ0n) is 13.4. The van der Waals surface area contributed by atoms with Crippen molar-refractivity contribution in [2.45, 2.75) is 16.8 Å². The van der Waals surface area contributed by atoms with Crippen molar-refractivity contribution in [3.8, 4) is 28.3 Å². The Hall–Kier alpha value is -2.55. The van der Waals surface area contributed by atoms with E-state index < -0.39 is 11.7 Å². The topological polar surface area (TPSA) is 50.8 Å². The third-order valence-electron chi connectivity index (χ3n) is 3.50. The molecule has 0 unspecified atom stereocenters. The first-order valence-corrected chi connectivity index (χ1v) is 8.22. The Bertz CT molecular complexity index is 869. The van der Waals surface area contributed by atoms with Crippen molar-refractivity contribution in [2.75, 3.05) is 7.11 Å². The lowest BCUT2D eigenvalue weighted by Gasteiger charge is -2.11. The molecule has 0 saturated heterocycles. The van der Waals surface area contributed by atoms with E-state index in [1.54, 1.807) is 36.4 Å². The summed E-state index contributed by atoms with van der Waals surface area (Å²) < 4.78 is 56.9. The minimum absolute atomic E-state index is 0.298. The van der Waals surface area contributed by atoms with Crippen molar-refractivity contribution in [1.29, 1.82) is 0 Å². The van der Waals surface area contributed by atoms with E-state index in [9.17, 15) is 17.6 Å². The highest BCUT2D eigenvalue weighted by molar-refractivity contribution is 8.00. The summed E-state index contributed by atoms with van der Waals surface area (Å²) in [5.74, 6) is 0.619. The van der Waals surface area contributed by atoms with Gasteiger partial charge >= 0.3 is 11.7 Å². The second-order valence-corrected chi connectivity index (χ2v) is 6.33. The molecule has 2 heterocycles. The van der Waals surface area contributed by atoms with Crippen molar-refractivity contribution in [3.05, 3.63) is 48.8 Å². The number of ether oxygens (including phenoxy) is 1. The predicted octanol–water partition coefficient (Wildman–Crippen LogP) is 5.10. The van der Waals surface area contributed by atoms with Crippen molar-refractivity contribution in [2.24, 2.45) is 0 Å². The minimum atomic E-state index is -4.25. The van der Waals surface area contributed by atoms with Crippen molar-refractivity contribution in [3.63, 3.8) is 0 Å². The van der Waals surface area contributed by atoms with Crippen LogP contribution in [0, 0.1) is 0 Å². The molecule has 1 N–H and O–H groups in total. The van der Waals surface area contributed by atoms with E-state index in [0.717, 1.165) is 0 Å². The second-order valence-electron chi connectivity index (χ2n) is 5.19. The number of hydrogen-bond donors (Lipinski definition) is 1. The quantitative estimate of drug-likeness (QED) is 0.475. The molecule has 0 aliphatic heterocycles. The normalized spacial score (nSPS) is 11.8. The van der Waals surface area contributed by atoms with Gasteiger partial charge in [-0.3, -0.25) is 4.98 Å². The fourth-order valence-corrected chi connectivity index (χ4v) is 2.90. The summed E-state index contributed by atoms with van der Waals surface area (Å²) in [6.07, 6.45) is -0.727. The smallest absolute Gasteiger partial charge is 0.360 e. The molecule has 0 aliphatic carbocycles.